The van der Waals surface area contributed by atoms with Crippen molar-refractivity contribution in [3.63, 3.8) is 0 Å². The Morgan fingerprint density at radius 3 is 1.53 bits per heavy atom. The first kappa shape index (κ1) is 19.2. The van der Waals surface area contributed by atoms with Gasteiger partial charge >= 0.3 is 24.0 Å². The van der Waals surface area contributed by atoms with E-state index in [9.17, 15) is 29.4 Å². The number of nitrogens with one attached hydrogen (secondary N) is 2. The van der Waals surface area contributed by atoms with E-state index in [1.54, 1.807) is 60.7 Å². The average molecular weight is 410 g/mol. The van der Waals surface area contributed by atoms with Gasteiger partial charge in [-0.3, -0.25) is 19.4 Å². The summed E-state index contributed by atoms with van der Waals surface area (Å²) in [4.78, 5) is 51.4. The van der Waals surface area contributed by atoms with Gasteiger partial charge in [-0.1, -0.05) is 60.7 Å². The highest BCUT2D eigenvalue weighted by molar-refractivity contribution is 5.92. The van der Waals surface area contributed by atoms with E-state index >= 15 is 0 Å². The van der Waals surface area contributed by atoms with E-state index in [1.807, 2.05) is 0 Å². The van der Waals surface area contributed by atoms with Crippen molar-refractivity contribution < 1.29 is 29.4 Å². The van der Waals surface area contributed by atoms with Crippen LogP contribution in [0.5, 0.6) is 0 Å². The van der Waals surface area contributed by atoms with Crippen LogP contribution < -0.4 is 10.6 Å². The molecule has 0 unspecified atom stereocenters. The number of aliphatic carboxylic acids is 2. The molecule has 2 aromatic rings. The lowest BCUT2D eigenvalue weighted by molar-refractivity contribution is -0.143. The van der Waals surface area contributed by atoms with Crippen molar-refractivity contribution in [3.8, 4) is 0 Å². The Morgan fingerprint density at radius 1 is 0.733 bits per heavy atom. The summed E-state index contributed by atoms with van der Waals surface area (Å²) in [5, 5.41) is 24.5. The molecule has 2 heterocycles. The van der Waals surface area contributed by atoms with Gasteiger partial charge in [0.25, 0.3) is 0 Å². The molecule has 0 atom stereocenters. The Labute approximate surface area is 170 Å². The fourth-order valence-corrected chi connectivity index (χ4v) is 4.38. The molecule has 2 aliphatic heterocycles. The summed E-state index contributed by atoms with van der Waals surface area (Å²) in [5.74, 6) is -2.61. The lowest BCUT2D eigenvalue weighted by Gasteiger charge is -2.46. The second kappa shape index (κ2) is 6.76. The van der Waals surface area contributed by atoms with Gasteiger partial charge in [0.15, 0.2) is 11.3 Å². The second-order valence-corrected chi connectivity index (χ2v) is 6.97. The summed E-state index contributed by atoms with van der Waals surface area (Å²) < 4.78 is 0. The molecule has 0 spiro atoms. The number of nitrogens with zero attached hydrogens (tertiary/aromatic N) is 2. The van der Waals surface area contributed by atoms with Gasteiger partial charge in [0.2, 0.25) is 0 Å². The fraction of sp³-hybridized carbons (Fsp3) is 0.200. The highest BCUT2D eigenvalue weighted by Crippen LogP contribution is 2.53. The monoisotopic (exact) mass is 410 g/mol. The summed E-state index contributed by atoms with van der Waals surface area (Å²) in [6.07, 6.45) is 0. The maximum atomic E-state index is 13.0. The molecule has 10 heteroatoms. The summed E-state index contributed by atoms with van der Waals surface area (Å²) in [5.41, 5.74) is -2.54. The maximum absolute atomic E-state index is 13.0. The number of hydrogen-bond donors (Lipinski definition) is 4. The van der Waals surface area contributed by atoms with Crippen LogP contribution in [0.15, 0.2) is 60.7 Å². The number of carboxylic acids is 2. The van der Waals surface area contributed by atoms with Crippen molar-refractivity contribution in [2.75, 3.05) is 13.1 Å². The van der Waals surface area contributed by atoms with Gasteiger partial charge < -0.3 is 20.8 Å². The molecule has 2 saturated heterocycles. The number of urea groups is 2. The lowest BCUT2D eigenvalue weighted by Crippen LogP contribution is -2.63. The molecule has 10 nitrogen and oxygen atoms in total. The Balaban J connectivity index is 2.08. The van der Waals surface area contributed by atoms with Crippen LogP contribution in [0.1, 0.15) is 11.1 Å². The van der Waals surface area contributed by atoms with Gasteiger partial charge in [-0.25, -0.2) is 9.59 Å². The normalized spacial score (nSPS) is 24.9. The minimum atomic E-state index is -1.78. The molecule has 0 aromatic heterocycles. The van der Waals surface area contributed by atoms with E-state index in [0.717, 1.165) is 9.80 Å². The van der Waals surface area contributed by atoms with Crippen molar-refractivity contribution >= 4 is 24.0 Å². The van der Waals surface area contributed by atoms with E-state index in [2.05, 4.69) is 10.6 Å². The molecule has 2 fully saturated rings. The van der Waals surface area contributed by atoms with Crippen LogP contribution in [0.25, 0.3) is 0 Å². The third-order valence-corrected chi connectivity index (χ3v) is 5.35. The van der Waals surface area contributed by atoms with Gasteiger partial charge in [0, 0.05) is 11.1 Å². The highest BCUT2D eigenvalue weighted by Gasteiger charge is 2.74. The number of carboxylic acid groups (broad SMARTS) is 2. The number of hydrogen-bond acceptors (Lipinski definition) is 4. The first-order valence-corrected chi connectivity index (χ1v) is 9.07. The Hall–Kier alpha value is -4.08. The fourth-order valence-electron chi connectivity index (χ4n) is 4.38. The van der Waals surface area contributed by atoms with Gasteiger partial charge in [-0.05, 0) is 0 Å². The zero-order valence-electron chi connectivity index (χ0n) is 15.6. The second-order valence-electron chi connectivity index (χ2n) is 6.97. The van der Waals surface area contributed by atoms with Gasteiger partial charge in [0.1, 0.15) is 13.1 Å². The molecule has 0 aliphatic carbocycles. The zero-order chi connectivity index (χ0) is 21.5. The summed E-state index contributed by atoms with van der Waals surface area (Å²) in [6, 6.07) is 15.3. The number of carbonyl (C=O) groups is 4. The molecule has 4 rings (SSSR count). The summed E-state index contributed by atoms with van der Waals surface area (Å²) in [7, 11) is 0. The molecule has 30 heavy (non-hydrogen) atoms. The van der Waals surface area contributed by atoms with Crippen LogP contribution >= 0.6 is 0 Å². The average Bonchev–Trinajstić information content (AvgIpc) is 3.10. The first-order chi connectivity index (χ1) is 14.3. The Morgan fingerprint density at radius 2 is 1.13 bits per heavy atom. The molecule has 4 amide bonds. The van der Waals surface area contributed by atoms with Crippen LogP contribution in [0.4, 0.5) is 9.59 Å². The van der Waals surface area contributed by atoms with Gasteiger partial charge in [0.05, 0.1) is 0 Å². The van der Waals surface area contributed by atoms with E-state index < -0.39 is 48.4 Å². The maximum Gasteiger partial charge on any atom is 0.323 e. The van der Waals surface area contributed by atoms with Crippen LogP contribution in [0.2, 0.25) is 0 Å². The molecule has 0 bridgehead atoms. The largest absolute Gasteiger partial charge is 0.480 e. The third kappa shape index (κ3) is 2.50. The molecule has 4 N–H and O–H groups in total. The topological polar surface area (TPSA) is 139 Å². The Kier molecular flexibility index (Phi) is 4.34. The molecule has 0 saturated carbocycles. The quantitative estimate of drug-likeness (QED) is 0.558. The number of amides is 4. The first-order valence-electron chi connectivity index (χ1n) is 9.07. The van der Waals surface area contributed by atoms with Crippen molar-refractivity contribution in [2.45, 2.75) is 11.3 Å². The van der Waals surface area contributed by atoms with E-state index in [0.29, 0.717) is 11.1 Å². The third-order valence-electron chi connectivity index (χ3n) is 5.35. The SMILES string of the molecule is O=C(O)CN1C(=O)NC2(c3ccccc3)NC(=O)N(CC(=O)O)C12c1ccccc1. The molecule has 154 valence electrons. The Bertz CT molecular complexity index is 988. The van der Waals surface area contributed by atoms with Crippen LogP contribution in [0, 0.1) is 0 Å². The molecule has 2 aliphatic rings. The van der Waals surface area contributed by atoms with Crippen molar-refractivity contribution in [1.29, 1.82) is 0 Å². The van der Waals surface area contributed by atoms with Crippen molar-refractivity contribution in [2.24, 2.45) is 0 Å². The van der Waals surface area contributed by atoms with Crippen LogP contribution in [-0.2, 0) is 20.9 Å². The predicted octanol–water partition coefficient (Wildman–Crippen LogP) is 0.912. The smallest absolute Gasteiger partial charge is 0.323 e. The number of carbonyl (C=O) groups excluding carboxylic acids is 2. The predicted molar refractivity (Wildman–Crippen MR) is 102 cm³/mol. The molecule has 2 aromatic carbocycles. The van der Waals surface area contributed by atoms with Crippen LogP contribution in [-0.4, -0.2) is 57.1 Å². The molecular weight excluding hydrogens is 392 g/mol. The van der Waals surface area contributed by atoms with Gasteiger partial charge in [-0.2, -0.15) is 0 Å². The highest BCUT2D eigenvalue weighted by atomic mass is 16.4. The van der Waals surface area contributed by atoms with E-state index in [-0.39, 0.29) is 0 Å². The molecular formula is C20H18N4O6. The van der Waals surface area contributed by atoms with E-state index in [1.165, 1.54) is 0 Å². The number of rotatable bonds is 6. The number of benzene rings is 2. The minimum absolute atomic E-state index is 0.382. The summed E-state index contributed by atoms with van der Waals surface area (Å²) >= 11 is 0. The standard InChI is InChI=1S/C20H18N4O6/c25-15(26)11-23-17(29)21-19(13-7-3-1-4-8-13)20(23,14-9-5-2-6-10-14)24(12-16(27)28)18(30)22-19/h1-10H,11-12H2,(H,21,29)(H,22,30)(H,25,26)(H,27,28). The lowest BCUT2D eigenvalue weighted by atomic mass is 9.81. The molecule has 0 radical (unpaired) electrons. The van der Waals surface area contributed by atoms with Crippen molar-refractivity contribution in [3.05, 3.63) is 71.8 Å². The summed E-state index contributed by atoms with van der Waals surface area (Å²) in [6.45, 7) is -1.50. The van der Waals surface area contributed by atoms with Crippen LogP contribution in [0.3, 0.4) is 0 Å². The van der Waals surface area contributed by atoms with Crippen molar-refractivity contribution in [1.82, 2.24) is 20.4 Å². The minimum Gasteiger partial charge on any atom is -0.480 e. The van der Waals surface area contributed by atoms with E-state index in [4.69, 9.17) is 0 Å². The van der Waals surface area contributed by atoms with Gasteiger partial charge in [-0.15, -0.1) is 0 Å². The zero-order valence-corrected chi connectivity index (χ0v) is 15.6. The number of fused-ring (bicyclic) bond motifs is 1.